The molecule has 26 heavy (non-hydrogen) atoms. The molecule has 4 heteroatoms. The summed E-state index contributed by atoms with van der Waals surface area (Å²) in [5.74, 6) is 0.808. The normalized spacial score (nSPS) is 11.0. The van der Waals surface area contributed by atoms with Crippen molar-refractivity contribution in [2.45, 2.75) is 6.61 Å². The van der Waals surface area contributed by atoms with Crippen LogP contribution in [0.25, 0.3) is 22.2 Å². The molecule has 0 aliphatic carbocycles. The van der Waals surface area contributed by atoms with Gasteiger partial charge in [0.1, 0.15) is 12.4 Å². The van der Waals surface area contributed by atoms with E-state index in [9.17, 15) is 0 Å². The minimum atomic E-state index is 0.532. The maximum atomic E-state index is 6.48. The Labute approximate surface area is 152 Å². The van der Waals surface area contributed by atoms with E-state index >= 15 is 0 Å². The van der Waals surface area contributed by atoms with Gasteiger partial charge in [0.25, 0.3) is 0 Å². The van der Waals surface area contributed by atoms with Gasteiger partial charge in [0.05, 0.1) is 16.9 Å². The Hall–Kier alpha value is -3.40. The largest absolute Gasteiger partial charge is 0.489 e. The minimum absolute atomic E-state index is 0.532. The van der Waals surface area contributed by atoms with E-state index in [1.807, 2.05) is 67.7 Å². The molecule has 4 aromatic rings. The van der Waals surface area contributed by atoms with Crippen LogP contribution in [0.3, 0.4) is 0 Å². The van der Waals surface area contributed by atoms with Crippen molar-refractivity contribution < 1.29 is 4.74 Å². The molecule has 0 aliphatic rings. The lowest BCUT2D eigenvalue weighted by Crippen LogP contribution is -1.95. The molecule has 4 N–H and O–H groups in total. The number of nitrogen functional groups attached to an aromatic ring is 2. The number of hydrogen-bond donors (Lipinski definition) is 2. The fraction of sp³-hybridized carbons (Fsp3) is 0.0909. The summed E-state index contributed by atoms with van der Waals surface area (Å²) in [6, 6.07) is 23.9. The second-order valence-corrected chi connectivity index (χ2v) is 6.40. The molecule has 4 nitrogen and oxygen atoms in total. The van der Waals surface area contributed by atoms with E-state index < -0.39 is 0 Å². The van der Waals surface area contributed by atoms with E-state index in [-0.39, 0.29) is 0 Å². The molecule has 0 saturated carbocycles. The summed E-state index contributed by atoms with van der Waals surface area (Å²) in [4.78, 5) is 0. The van der Waals surface area contributed by atoms with Crippen molar-refractivity contribution in [2.75, 3.05) is 11.5 Å². The first-order valence-electron chi connectivity index (χ1n) is 8.54. The lowest BCUT2D eigenvalue weighted by molar-refractivity contribution is 0.306. The molecule has 0 bridgehead atoms. The van der Waals surface area contributed by atoms with Gasteiger partial charge < -0.3 is 20.8 Å². The summed E-state index contributed by atoms with van der Waals surface area (Å²) >= 11 is 0. The first-order chi connectivity index (χ1) is 12.6. The summed E-state index contributed by atoms with van der Waals surface area (Å²) in [6.07, 6.45) is 0. The number of hydrogen-bond acceptors (Lipinski definition) is 3. The molecule has 0 saturated heterocycles. The van der Waals surface area contributed by atoms with Gasteiger partial charge in [-0.05, 0) is 35.9 Å². The van der Waals surface area contributed by atoms with Gasteiger partial charge in [-0.1, -0.05) is 42.5 Å². The Kier molecular flexibility index (Phi) is 4.01. The predicted octanol–water partition coefficient (Wildman–Crippen LogP) is 4.59. The molecule has 3 aromatic carbocycles. The zero-order chi connectivity index (χ0) is 18.1. The number of nitrogens with two attached hydrogens (primary N) is 2. The van der Waals surface area contributed by atoms with Crippen LogP contribution < -0.4 is 16.2 Å². The second-order valence-electron chi connectivity index (χ2n) is 6.40. The number of ether oxygens (including phenoxy) is 1. The summed E-state index contributed by atoms with van der Waals surface area (Å²) in [7, 11) is 2.02. The van der Waals surface area contributed by atoms with Gasteiger partial charge in [0.15, 0.2) is 0 Å². The monoisotopic (exact) mass is 343 g/mol. The molecular formula is C22H21N3O. The lowest BCUT2D eigenvalue weighted by Gasteiger charge is -2.07. The first kappa shape index (κ1) is 16.1. The zero-order valence-electron chi connectivity index (χ0n) is 14.6. The van der Waals surface area contributed by atoms with Crippen LogP contribution in [0.5, 0.6) is 5.75 Å². The highest BCUT2D eigenvalue weighted by Gasteiger charge is 2.15. The van der Waals surface area contributed by atoms with Crippen molar-refractivity contribution in [3.63, 3.8) is 0 Å². The lowest BCUT2D eigenvalue weighted by atomic mass is 10.1. The van der Waals surface area contributed by atoms with Crippen LogP contribution >= 0.6 is 0 Å². The molecule has 1 heterocycles. The number of aromatic nitrogens is 1. The Morgan fingerprint density at radius 3 is 2.35 bits per heavy atom. The Balaban J connectivity index is 1.70. The van der Waals surface area contributed by atoms with Gasteiger partial charge in [0, 0.05) is 23.7 Å². The summed E-state index contributed by atoms with van der Waals surface area (Å²) < 4.78 is 8.05. The highest BCUT2D eigenvalue weighted by molar-refractivity contribution is 6.01. The van der Waals surface area contributed by atoms with Crippen LogP contribution in [0, 0.1) is 0 Å². The van der Waals surface area contributed by atoms with E-state index in [0.717, 1.165) is 44.8 Å². The average Bonchev–Trinajstić information content (AvgIpc) is 2.92. The quantitative estimate of drug-likeness (QED) is 0.533. The third-order valence-electron chi connectivity index (χ3n) is 4.64. The van der Waals surface area contributed by atoms with E-state index in [1.54, 1.807) is 0 Å². The summed E-state index contributed by atoms with van der Waals surface area (Å²) in [5.41, 5.74) is 18.0. The fourth-order valence-corrected chi connectivity index (χ4v) is 3.27. The Morgan fingerprint density at radius 2 is 1.62 bits per heavy atom. The van der Waals surface area contributed by atoms with E-state index in [4.69, 9.17) is 16.2 Å². The maximum Gasteiger partial charge on any atom is 0.120 e. The molecule has 0 aliphatic heterocycles. The molecule has 0 unspecified atom stereocenters. The van der Waals surface area contributed by atoms with Crippen molar-refractivity contribution in [1.29, 1.82) is 0 Å². The molecule has 0 amide bonds. The van der Waals surface area contributed by atoms with Crippen LogP contribution in [-0.4, -0.2) is 4.57 Å². The third-order valence-corrected chi connectivity index (χ3v) is 4.64. The number of aryl methyl sites for hydroxylation is 1. The van der Waals surface area contributed by atoms with Crippen molar-refractivity contribution in [3.8, 4) is 17.0 Å². The third kappa shape index (κ3) is 2.86. The van der Waals surface area contributed by atoms with Gasteiger partial charge in [-0.15, -0.1) is 0 Å². The highest BCUT2D eigenvalue weighted by Crippen LogP contribution is 2.37. The number of anilines is 2. The molecule has 0 fully saturated rings. The number of fused-ring (bicyclic) bond motifs is 1. The molecule has 4 rings (SSSR count). The van der Waals surface area contributed by atoms with E-state index in [1.165, 1.54) is 0 Å². The Morgan fingerprint density at radius 1 is 0.885 bits per heavy atom. The van der Waals surface area contributed by atoms with Gasteiger partial charge >= 0.3 is 0 Å². The molecule has 0 radical (unpaired) electrons. The second kappa shape index (κ2) is 6.48. The molecule has 1 aromatic heterocycles. The maximum absolute atomic E-state index is 6.48. The molecule has 0 spiro atoms. The first-order valence-corrected chi connectivity index (χ1v) is 8.54. The van der Waals surface area contributed by atoms with Gasteiger partial charge in [-0.25, -0.2) is 0 Å². The van der Waals surface area contributed by atoms with Crippen LogP contribution in [0.1, 0.15) is 5.56 Å². The standard InChI is InChI=1S/C22H21N3O/c1-25-20-12-11-18(26-14-15-5-3-2-4-6-15)13-19(20)21(24)22(25)16-7-9-17(23)10-8-16/h2-13H,14,23-24H2,1H3. The van der Waals surface area contributed by atoms with Gasteiger partial charge in [0.2, 0.25) is 0 Å². The molecule has 0 atom stereocenters. The van der Waals surface area contributed by atoms with Crippen LogP contribution in [0.4, 0.5) is 11.4 Å². The molecule has 130 valence electrons. The smallest absolute Gasteiger partial charge is 0.120 e. The number of nitrogens with zero attached hydrogens (tertiary/aromatic N) is 1. The number of benzene rings is 3. The van der Waals surface area contributed by atoms with Crippen LogP contribution in [0.15, 0.2) is 72.8 Å². The van der Waals surface area contributed by atoms with Crippen molar-refractivity contribution in [2.24, 2.45) is 7.05 Å². The average molecular weight is 343 g/mol. The van der Waals surface area contributed by atoms with E-state index in [2.05, 4.69) is 16.7 Å². The number of rotatable bonds is 4. The fourth-order valence-electron chi connectivity index (χ4n) is 3.27. The van der Waals surface area contributed by atoms with Crippen LogP contribution in [-0.2, 0) is 13.7 Å². The van der Waals surface area contributed by atoms with Gasteiger partial charge in [-0.2, -0.15) is 0 Å². The summed E-state index contributed by atoms with van der Waals surface area (Å²) in [6.45, 7) is 0.532. The SMILES string of the molecule is Cn1c(-c2ccc(N)cc2)c(N)c2cc(OCc3ccccc3)ccc21. The van der Waals surface area contributed by atoms with Crippen molar-refractivity contribution >= 4 is 22.3 Å². The van der Waals surface area contributed by atoms with Gasteiger partial charge in [-0.3, -0.25) is 0 Å². The van der Waals surface area contributed by atoms with Crippen molar-refractivity contribution in [3.05, 3.63) is 78.4 Å². The highest BCUT2D eigenvalue weighted by atomic mass is 16.5. The van der Waals surface area contributed by atoms with E-state index in [0.29, 0.717) is 6.61 Å². The minimum Gasteiger partial charge on any atom is -0.489 e. The predicted molar refractivity (Wildman–Crippen MR) is 108 cm³/mol. The van der Waals surface area contributed by atoms with Crippen molar-refractivity contribution in [1.82, 2.24) is 4.57 Å². The van der Waals surface area contributed by atoms with Crippen LogP contribution in [0.2, 0.25) is 0 Å². The Bertz CT molecular complexity index is 1050. The topological polar surface area (TPSA) is 66.2 Å². The summed E-state index contributed by atoms with van der Waals surface area (Å²) in [5, 5.41) is 0.991. The molecular weight excluding hydrogens is 322 g/mol. The zero-order valence-corrected chi connectivity index (χ0v) is 14.6.